The van der Waals surface area contributed by atoms with Crippen molar-refractivity contribution in [3.63, 3.8) is 0 Å². The summed E-state index contributed by atoms with van der Waals surface area (Å²) in [6.45, 7) is 7.36. The summed E-state index contributed by atoms with van der Waals surface area (Å²) in [4.78, 5) is 18.0. The van der Waals surface area contributed by atoms with E-state index in [1.54, 1.807) is 12.4 Å². The fourth-order valence-corrected chi connectivity index (χ4v) is 2.89. The van der Waals surface area contributed by atoms with Gasteiger partial charge in [0.15, 0.2) is 5.96 Å². The Balaban J connectivity index is 0.00000243. The summed E-state index contributed by atoms with van der Waals surface area (Å²) in [6.07, 6.45) is 8.43. The van der Waals surface area contributed by atoms with Gasteiger partial charge in [0.25, 0.3) is 0 Å². The van der Waals surface area contributed by atoms with E-state index >= 15 is 0 Å². The molecule has 0 aliphatic carbocycles. The molecule has 1 aliphatic rings. The third-order valence-electron chi connectivity index (χ3n) is 4.17. The largest absolute Gasteiger partial charge is 0.357 e. The fraction of sp³-hybridized carbons (Fsp3) is 0.529. The standard InChI is InChI=1S/C17H26N8.HI/c1-3-18-16(21-8-5-15-13-22-23(2)14-15)24-9-11-25(12-10-24)17-19-6-4-7-20-17;/h4,6-7,13-14H,3,5,8-12H2,1-2H3,(H,18,21);1H. The molecule has 8 nitrogen and oxygen atoms in total. The minimum absolute atomic E-state index is 0. The predicted octanol–water partition coefficient (Wildman–Crippen LogP) is 1.16. The maximum Gasteiger partial charge on any atom is 0.225 e. The summed E-state index contributed by atoms with van der Waals surface area (Å²) in [5, 5.41) is 7.61. The summed E-state index contributed by atoms with van der Waals surface area (Å²) in [5.74, 6) is 1.79. The van der Waals surface area contributed by atoms with Gasteiger partial charge in [0.1, 0.15) is 0 Å². The zero-order valence-corrected chi connectivity index (χ0v) is 17.7. The molecule has 3 rings (SSSR count). The van der Waals surface area contributed by atoms with E-state index in [9.17, 15) is 0 Å². The topological polar surface area (TPSA) is 74.5 Å². The van der Waals surface area contributed by atoms with Gasteiger partial charge in [-0.05, 0) is 25.0 Å². The number of aliphatic imine (C=N–C) groups is 1. The van der Waals surface area contributed by atoms with E-state index in [-0.39, 0.29) is 24.0 Å². The molecule has 0 bridgehead atoms. The Bertz CT molecular complexity index is 679. The molecule has 2 aromatic heterocycles. The van der Waals surface area contributed by atoms with Gasteiger partial charge in [-0.1, -0.05) is 0 Å². The average Bonchev–Trinajstić information content (AvgIpc) is 3.07. The molecule has 3 heterocycles. The Hall–Kier alpha value is -1.91. The fourth-order valence-electron chi connectivity index (χ4n) is 2.89. The third kappa shape index (κ3) is 5.55. The highest BCUT2D eigenvalue weighted by molar-refractivity contribution is 14.0. The third-order valence-corrected chi connectivity index (χ3v) is 4.17. The molecule has 0 atom stereocenters. The zero-order chi connectivity index (χ0) is 17.5. The highest BCUT2D eigenvalue weighted by Gasteiger charge is 2.20. The molecular weight excluding hydrogens is 443 g/mol. The first kappa shape index (κ1) is 20.4. The van der Waals surface area contributed by atoms with Crippen molar-refractivity contribution in [3.05, 3.63) is 36.4 Å². The summed E-state index contributed by atoms with van der Waals surface area (Å²) in [5.41, 5.74) is 1.22. The number of hydrogen-bond acceptors (Lipinski definition) is 5. The number of nitrogens with one attached hydrogen (secondary N) is 1. The van der Waals surface area contributed by atoms with Crippen LogP contribution in [0.15, 0.2) is 35.8 Å². The molecule has 1 aliphatic heterocycles. The normalized spacial score (nSPS) is 14.9. The number of piperazine rings is 1. The number of aromatic nitrogens is 4. The minimum atomic E-state index is 0. The first-order chi connectivity index (χ1) is 12.3. The minimum Gasteiger partial charge on any atom is -0.357 e. The monoisotopic (exact) mass is 470 g/mol. The van der Waals surface area contributed by atoms with Crippen molar-refractivity contribution in [1.82, 2.24) is 30.0 Å². The van der Waals surface area contributed by atoms with Gasteiger partial charge in [-0.15, -0.1) is 24.0 Å². The summed E-state index contributed by atoms with van der Waals surface area (Å²) < 4.78 is 1.83. The molecule has 1 N–H and O–H groups in total. The van der Waals surface area contributed by atoms with Crippen LogP contribution in [0.3, 0.4) is 0 Å². The molecule has 26 heavy (non-hydrogen) atoms. The van der Waals surface area contributed by atoms with Crippen molar-refractivity contribution in [3.8, 4) is 0 Å². The number of hydrogen-bond donors (Lipinski definition) is 1. The maximum absolute atomic E-state index is 4.78. The molecule has 0 aromatic carbocycles. The highest BCUT2D eigenvalue weighted by Crippen LogP contribution is 2.10. The van der Waals surface area contributed by atoms with Crippen LogP contribution in [0.5, 0.6) is 0 Å². The van der Waals surface area contributed by atoms with Crippen LogP contribution >= 0.6 is 24.0 Å². The first-order valence-electron chi connectivity index (χ1n) is 8.79. The van der Waals surface area contributed by atoms with Crippen LogP contribution in [0.4, 0.5) is 5.95 Å². The van der Waals surface area contributed by atoms with Crippen molar-refractivity contribution in [2.75, 3.05) is 44.2 Å². The van der Waals surface area contributed by atoms with Gasteiger partial charge in [-0.3, -0.25) is 9.67 Å². The molecule has 1 fully saturated rings. The van der Waals surface area contributed by atoms with E-state index in [0.29, 0.717) is 0 Å². The Kier molecular flexibility index (Phi) is 8.07. The van der Waals surface area contributed by atoms with E-state index in [1.807, 2.05) is 30.2 Å². The lowest BCUT2D eigenvalue weighted by atomic mass is 10.2. The molecule has 142 valence electrons. The Morgan fingerprint density at radius 2 is 1.92 bits per heavy atom. The maximum atomic E-state index is 4.78. The molecular formula is C17H27IN8. The van der Waals surface area contributed by atoms with Crippen LogP contribution in [0.2, 0.25) is 0 Å². The predicted molar refractivity (Wildman–Crippen MR) is 114 cm³/mol. The molecule has 0 amide bonds. The number of rotatable bonds is 5. The van der Waals surface area contributed by atoms with Gasteiger partial charge in [0, 0.05) is 64.9 Å². The molecule has 2 aromatic rings. The average molecular weight is 470 g/mol. The quantitative estimate of drug-likeness (QED) is 0.402. The van der Waals surface area contributed by atoms with Crippen molar-refractivity contribution >= 4 is 35.9 Å². The number of anilines is 1. The van der Waals surface area contributed by atoms with Gasteiger partial charge in [-0.2, -0.15) is 5.10 Å². The van der Waals surface area contributed by atoms with Gasteiger partial charge in [0.05, 0.1) is 6.20 Å². The molecule has 1 saturated heterocycles. The van der Waals surface area contributed by atoms with Gasteiger partial charge in [0.2, 0.25) is 5.95 Å². The Labute approximate surface area is 171 Å². The van der Waals surface area contributed by atoms with Crippen LogP contribution in [-0.2, 0) is 13.5 Å². The number of aryl methyl sites for hydroxylation is 1. The van der Waals surface area contributed by atoms with E-state index < -0.39 is 0 Å². The Morgan fingerprint density at radius 3 is 2.54 bits per heavy atom. The lowest BCUT2D eigenvalue weighted by Crippen LogP contribution is -2.53. The number of halogens is 1. The van der Waals surface area contributed by atoms with Crippen molar-refractivity contribution in [2.24, 2.45) is 12.0 Å². The Morgan fingerprint density at radius 1 is 1.19 bits per heavy atom. The smallest absolute Gasteiger partial charge is 0.225 e. The summed E-state index contributed by atoms with van der Waals surface area (Å²) >= 11 is 0. The number of guanidine groups is 1. The second-order valence-corrected chi connectivity index (χ2v) is 6.03. The second kappa shape index (κ2) is 10.3. The molecule has 0 spiro atoms. The van der Waals surface area contributed by atoms with Crippen LogP contribution in [0, 0.1) is 0 Å². The van der Waals surface area contributed by atoms with Crippen molar-refractivity contribution in [1.29, 1.82) is 0 Å². The highest BCUT2D eigenvalue weighted by atomic mass is 127. The molecule has 0 radical (unpaired) electrons. The van der Waals surface area contributed by atoms with Crippen molar-refractivity contribution in [2.45, 2.75) is 13.3 Å². The molecule has 0 saturated carbocycles. The SMILES string of the molecule is CCNC(=NCCc1cnn(C)c1)N1CCN(c2ncccn2)CC1.I. The van der Waals surface area contributed by atoms with E-state index in [0.717, 1.165) is 57.6 Å². The second-order valence-electron chi connectivity index (χ2n) is 6.03. The van der Waals surface area contributed by atoms with Crippen LogP contribution in [0.1, 0.15) is 12.5 Å². The molecule has 0 unspecified atom stereocenters. The first-order valence-corrected chi connectivity index (χ1v) is 8.79. The van der Waals surface area contributed by atoms with E-state index in [4.69, 9.17) is 4.99 Å². The van der Waals surface area contributed by atoms with Crippen molar-refractivity contribution < 1.29 is 0 Å². The van der Waals surface area contributed by atoms with Crippen LogP contribution < -0.4 is 10.2 Å². The number of nitrogens with zero attached hydrogens (tertiary/aromatic N) is 7. The van der Waals surface area contributed by atoms with E-state index in [2.05, 4.69) is 37.1 Å². The van der Waals surface area contributed by atoms with Crippen LogP contribution in [0.25, 0.3) is 0 Å². The lowest BCUT2D eigenvalue weighted by molar-refractivity contribution is 0.370. The zero-order valence-electron chi connectivity index (χ0n) is 15.4. The van der Waals surface area contributed by atoms with Crippen LogP contribution in [-0.4, -0.2) is 69.9 Å². The van der Waals surface area contributed by atoms with Gasteiger partial charge < -0.3 is 15.1 Å². The lowest BCUT2D eigenvalue weighted by Gasteiger charge is -2.36. The van der Waals surface area contributed by atoms with Gasteiger partial charge >= 0.3 is 0 Å². The van der Waals surface area contributed by atoms with Gasteiger partial charge in [-0.25, -0.2) is 9.97 Å². The molecule has 9 heteroatoms. The summed E-state index contributed by atoms with van der Waals surface area (Å²) in [6, 6.07) is 1.85. The van der Waals surface area contributed by atoms with E-state index in [1.165, 1.54) is 5.56 Å². The summed E-state index contributed by atoms with van der Waals surface area (Å²) in [7, 11) is 1.94.